The van der Waals surface area contributed by atoms with Gasteiger partial charge in [0.15, 0.2) is 0 Å². The molecule has 0 aliphatic rings. The van der Waals surface area contributed by atoms with E-state index >= 15 is 0 Å². The maximum Gasteiger partial charge on any atom is 0.323 e. The third kappa shape index (κ3) is 5.50. The monoisotopic (exact) mass is 343 g/mol. The maximum absolute atomic E-state index is 12.2. The zero-order valence-corrected chi connectivity index (χ0v) is 15.1. The third-order valence-corrected chi connectivity index (χ3v) is 3.96. The minimum atomic E-state index is -0.424. The number of methoxy groups -OCH3 is 2. The molecule has 2 rings (SSSR count). The van der Waals surface area contributed by atoms with Gasteiger partial charge in [0.2, 0.25) is 0 Å². The molecule has 0 aliphatic heterocycles. The van der Waals surface area contributed by atoms with Crippen molar-refractivity contribution >= 4 is 5.97 Å². The van der Waals surface area contributed by atoms with Crippen LogP contribution in [0.15, 0.2) is 48.5 Å². The second-order valence-corrected chi connectivity index (χ2v) is 5.85. The number of nitrogens with one attached hydrogen (secondary N) is 1. The second-order valence-electron chi connectivity index (χ2n) is 5.85. The van der Waals surface area contributed by atoms with Crippen LogP contribution in [-0.2, 0) is 16.1 Å². The quantitative estimate of drug-likeness (QED) is 0.744. The molecule has 1 N–H and O–H groups in total. The van der Waals surface area contributed by atoms with E-state index in [1.807, 2.05) is 55.5 Å². The zero-order valence-electron chi connectivity index (χ0n) is 15.1. The molecule has 0 saturated heterocycles. The van der Waals surface area contributed by atoms with Crippen LogP contribution in [0.5, 0.6) is 11.5 Å². The Morgan fingerprint density at radius 2 is 1.64 bits per heavy atom. The van der Waals surface area contributed by atoms with E-state index in [2.05, 4.69) is 5.32 Å². The maximum atomic E-state index is 12.2. The lowest BCUT2D eigenvalue weighted by Gasteiger charge is -2.20. The van der Waals surface area contributed by atoms with Crippen molar-refractivity contribution in [3.63, 3.8) is 0 Å². The summed E-state index contributed by atoms with van der Waals surface area (Å²) >= 11 is 0. The summed E-state index contributed by atoms with van der Waals surface area (Å²) in [6.45, 7) is 4.01. The summed E-state index contributed by atoms with van der Waals surface area (Å²) in [5, 5.41) is 3.25. The van der Waals surface area contributed by atoms with Crippen molar-refractivity contribution in [1.29, 1.82) is 0 Å². The Morgan fingerprint density at radius 1 is 1.00 bits per heavy atom. The first-order chi connectivity index (χ1) is 12.0. The molecule has 5 heteroatoms. The van der Waals surface area contributed by atoms with Crippen molar-refractivity contribution in [3.8, 4) is 11.5 Å². The number of carbonyl (C=O) groups excluding carboxylic acids is 1. The Morgan fingerprint density at radius 3 is 2.32 bits per heavy atom. The molecule has 0 amide bonds. The van der Waals surface area contributed by atoms with Crippen molar-refractivity contribution in [2.24, 2.45) is 0 Å². The van der Waals surface area contributed by atoms with Crippen LogP contribution in [0.1, 0.15) is 31.0 Å². The lowest BCUT2D eigenvalue weighted by molar-refractivity contribution is -0.147. The van der Waals surface area contributed by atoms with E-state index in [1.165, 1.54) is 0 Å². The second kappa shape index (κ2) is 9.08. The fourth-order valence-electron chi connectivity index (χ4n) is 2.49. The van der Waals surface area contributed by atoms with E-state index in [9.17, 15) is 4.79 Å². The number of ether oxygens (including phenoxy) is 3. The molecular formula is C20H25NO4. The average molecular weight is 343 g/mol. The highest BCUT2D eigenvalue weighted by atomic mass is 16.5. The normalized spacial score (nSPS) is 13.0. The molecule has 2 aromatic carbocycles. The number of hydrogen-bond donors (Lipinski definition) is 1. The van der Waals surface area contributed by atoms with Crippen LogP contribution < -0.4 is 14.8 Å². The molecule has 0 aromatic heterocycles. The van der Waals surface area contributed by atoms with E-state index in [-0.39, 0.29) is 18.6 Å². The van der Waals surface area contributed by atoms with Gasteiger partial charge in [0.1, 0.15) is 24.1 Å². The van der Waals surface area contributed by atoms with Gasteiger partial charge in [0, 0.05) is 6.04 Å². The molecule has 0 bridgehead atoms. The Labute approximate surface area is 148 Å². The van der Waals surface area contributed by atoms with Gasteiger partial charge in [-0.2, -0.15) is 0 Å². The number of esters is 1. The van der Waals surface area contributed by atoms with Gasteiger partial charge in [-0.1, -0.05) is 24.3 Å². The Kier molecular flexibility index (Phi) is 6.83. The highest BCUT2D eigenvalue weighted by molar-refractivity contribution is 5.75. The third-order valence-electron chi connectivity index (χ3n) is 3.96. The van der Waals surface area contributed by atoms with E-state index < -0.39 is 6.04 Å². The predicted octanol–water partition coefficient (Wildman–Crippen LogP) is 3.49. The van der Waals surface area contributed by atoms with Gasteiger partial charge >= 0.3 is 5.97 Å². The fourth-order valence-corrected chi connectivity index (χ4v) is 2.49. The summed E-state index contributed by atoms with van der Waals surface area (Å²) in [5.41, 5.74) is 1.94. The number of hydrogen-bond acceptors (Lipinski definition) is 5. The van der Waals surface area contributed by atoms with E-state index in [0.29, 0.717) is 0 Å². The van der Waals surface area contributed by atoms with E-state index in [1.54, 1.807) is 21.1 Å². The van der Waals surface area contributed by atoms with Crippen LogP contribution in [-0.4, -0.2) is 26.2 Å². The SMILES string of the molecule is COc1cccc(COC(=O)[C@H](C)N[C@@H](C)c2cccc(OC)c2)c1. The number of benzene rings is 2. The zero-order chi connectivity index (χ0) is 18.2. The summed E-state index contributed by atoms with van der Waals surface area (Å²) < 4.78 is 15.8. The predicted molar refractivity (Wildman–Crippen MR) is 96.8 cm³/mol. The van der Waals surface area contributed by atoms with Crippen LogP contribution in [0.25, 0.3) is 0 Å². The Bertz CT molecular complexity index is 702. The molecular weight excluding hydrogens is 318 g/mol. The molecule has 0 unspecified atom stereocenters. The molecule has 2 aromatic rings. The van der Waals surface area contributed by atoms with Gasteiger partial charge in [-0.05, 0) is 49.2 Å². The van der Waals surface area contributed by atoms with Crippen LogP contribution in [0.4, 0.5) is 0 Å². The standard InChI is InChI=1S/C20H25NO4/c1-14(17-8-6-10-19(12-17)24-4)21-15(2)20(22)25-13-16-7-5-9-18(11-16)23-3/h5-12,14-15,21H,13H2,1-4H3/t14-,15-/m0/s1. The van der Waals surface area contributed by atoms with Crippen molar-refractivity contribution in [3.05, 3.63) is 59.7 Å². The van der Waals surface area contributed by atoms with Crippen LogP contribution in [0, 0.1) is 0 Å². The van der Waals surface area contributed by atoms with Crippen LogP contribution in [0.3, 0.4) is 0 Å². The average Bonchev–Trinajstić information content (AvgIpc) is 2.66. The molecule has 2 atom stereocenters. The van der Waals surface area contributed by atoms with Crippen molar-refractivity contribution < 1.29 is 19.0 Å². The van der Waals surface area contributed by atoms with Crippen molar-refractivity contribution in [1.82, 2.24) is 5.32 Å². The van der Waals surface area contributed by atoms with E-state index in [0.717, 1.165) is 22.6 Å². The van der Waals surface area contributed by atoms with Crippen LogP contribution >= 0.6 is 0 Å². The number of rotatable bonds is 8. The van der Waals surface area contributed by atoms with Crippen molar-refractivity contribution in [2.45, 2.75) is 32.5 Å². The largest absolute Gasteiger partial charge is 0.497 e. The molecule has 0 radical (unpaired) electrons. The summed E-state index contributed by atoms with van der Waals surface area (Å²) in [5.74, 6) is 1.24. The van der Waals surface area contributed by atoms with E-state index in [4.69, 9.17) is 14.2 Å². The molecule has 134 valence electrons. The molecule has 25 heavy (non-hydrogen) atoms. The Hall–Kier alpha value is -2.53. The van der Waals surface area contributed by atoms with Gasteiger partial charge in [0.05, 0.1) is 14.2 Å². The van der Waals surface area contributed by atoms with Crippen LogP contribution in [0.2, 0.25) is 0 Å². The molecule has 0 spiro atoms. The van der Waals surface area contributed by atoms with Crippen molar-refractivity contribution in [2.75, 3.05) is 14.2 Å². The minimum absolute atomic E-state index is 0.00512. The van der Waals surface area contributed by atoms with Gasteiger partial charge in [0.25, 0.3) is 0 Å². The first-order valence-electron chi connectivity index (χ1n) is 8.23. The smallest absolute Gasteiger partial charge is 0.323 e. The molecule has 0 saturated carbocycles. The summed E-state index contributed by atoms with van der Waals surface area (Å²) in [6, 6.07) is 14.8. The molecule has 0 fully saturated rings. The molecule has 0 heterocycles. The summed E-state index contributed by atoms with van der Waals surface area (Å²) in [6.07, 6.45) is 0. The highest BCUT2D eigenvalue weighted by Gasteiger charge is 2.18. The minimum Gasteiger partial charge on any atom is -0.497 e. The fraction of sp³-hybridized carbons (Fsp3) is 0.350. The topological polar surface area (TPSA) is 56.8 Å². The summed E-state index contributed by atoms with van der Waals surface area (Å²) in [4.78, 5) is 12.2. The molecule has 0 aliphatic carbocycles. The first kappa shape index (κ1) is 18.8. The lowest BCUT2D eigenvalue weighted by atomic mass is 10.1. The van der Waals surface area contributed by atoms with Gasteiger partial charge in [-0.25, -0.2) is 0 Å². The lowest BCUT2D eigenvalue weighted by Crippen LogP contribution is -2.37. The molecule has 5 nitrogen and oxygen atoms in total. The first-order valence-corrected chi connectivity index (χ1v) is 8.23. The summed E-state index contributed by atoms with van der Waals surface area (Å²) in [7, 11) is 3.24. The van der Waals surface area contributed by atoms with Gasteiger partial charge in [-0.3, -0.25) is 10.1 Å². The van der Waals surface area contributed by atoms with Gasteiger partial charge in [-0.15, -0.1) is 0 Å². The Balaban J connectivity index is 1.88. The number of carbonyl (C=O) groups is 1. The van der Waals surface area contributed by atoms with Gasteiger partial charge < -0.3 is 14.2 Å². The highest BCUT2D eigenvalue weighted by Crippen LogP contribution is 2.19.